The molecule has 1 saturated heterocycles. The molecule has 0 bridgehead atoms. The number of aryl methyl sites for hydroxylation is 1. The number of ether oxygens (including phenoxy) is 1. The average molecular weight is 447 g/mol. The topological polar surface area (TPSA) is 95.9 Å². The van der Waals surface area contributed by atoms with Gasteiger partial charge in [-0.25, -0.2) is 4.79 Å². The van der Waals surface area contributed by atoms with Gasteiger partial charge >= 0.3 is 11.9 Å². The molecule has 0 saturated carbocycles. The molecular formula is C25H38N2O5. The highest BCUT2D eigenvalue weighted by Crippen LogP contribution is 2.18. The van der Waals surface area contributed by atoms with Gasteiger partial charge < -0.3 is 14.7 Å². The number of hydrogen-bond acceptors (Lipinski definition) is 5. The summed E-state index contributed by atoms with van der Waals surface area (Å²) in [4.78, 5) is 39.3. The first-order chi connectivity index (χ1) is 15.4. The molecule has 0 aliphatic carbocycles. The van der Waals surface area contributed by atoms with Crippen LogP contribution >= 0.6 is 0 Å². The Hall–Kier alpha value is -2.41. The van der Waals surface area contributed by atoms with Gasteiger partial charge in [0.15, 0.2) is 0 Å². The Kier molecular flexibility index (Phi) is 11.2. The lowest BCUT2D eigenvalue weighted by Gasteiger charge is -2.33. The van der Waals surface area contributed by atoms with Crippen LogP contribution in [-0.4, -0.2) is 59.1 Å². The number of nitrogens with one attached hydrogen (secondary N) is 1. The van der Waals surface area contributed by atoms with E-state index in [1.165, 1.54) is 4.90 Å². The average Bonchev–Trinajstić information content (AvgIpc) is 2.79. The second-order valence-electron chi connectivity index (χ2n) is 8.51. The zero-order valence-corrected chi connectivity index (χ0v) is 19.4. The first kappa shape index (κ1) is 25.8. The van der Waals surface area contributed by atoms with Gasteiger partial charge in [0.25, 0.3) is 0 Å². The second kappa shape index (κ2) is 13.9. The van der Waals surface area contributed by atoms with Gasteiger partial charge in [-0.3, -0.25) is 14.9 Å². The molecule has 1 fully saturated rings. The summed E-state index contributed by atoms with van der Waals surface area (Å²) in [5.41, 5.74) is 1.10. The molecule has 1 unspecified atom stereocenters. The van der Waals surface area contributed by atoms with Crippen molar-refractivity contribution in [2.24, 2.45) is 0 Å². The maximum Gasteiger partial charge on any atom is 0.326 e. The number of hydrogen-bond donors (Lipinski definition) is 2. The minimum absolute atomic E-state index is 0.262. The molecule has 1 aliphatic rings. The van der Waals surface area contributed by atoms with E-state index in [4.69, 9.17) is 4.74 Å². The molecule has 0 aromatic heterocycles. The molecule has 1 amide bonds. The number of benzene rings is 1. The highest BCUT2D eigenvalue weighted by molar-refractivity contribution is 5.87. The van der Waals surface area contributed by atoms with E-state index >= 15 is 0 Å². The Labute approximate surface area is 191 Å². The first-order valence-corrected chi connectivity index (χ1v) is 11.9. The number of carbonyl (C=O) groups excluding carboxylic acids is 2. The molecule has 1 aromatic carbocycles. The van der Waals surface area contributed by atoms with Crippen LogP contribution in [0.3, 0.4) is 0 Å². The van der Waals surface area contributed by atoms with E-state index in [0.717, 1.165) is 44.1 Å². The maximum atomic E-state index is 13.3. The molecule has 1 aromatic rings. The number of carboxylic acids is 1. The predicted octanol–water partition coefficient (Wildman–Crippen LogP) is 3.56. The molecule has 2 N–H and O–H groups in total. The van der Waals surface area contributed by atoms with E-state index in [9.17, 15) is 19.5 Å². The Morgan fingerprint density at radius 3 is 2.41 bits per heavy atom. The molecule has 0 radical (unpaired) electrons. The third kappa shape index (κ3) is 8.26. The molecule has 1 heterocycles. The van der Waals surface area contributed by atoms with Crippen molar-refractivity contribution in [2.75, 3.05) is 13.2 Å². The van der Waals surface area contributed by atoms with Crippen LogP contribution in [0.4, 0.5) is 0 Å². The fraction of sp³-hybridized carbons (Fsp3) is 0.640. The van der Waals surface area contributed by atoms with E-state index < -0.39 is 24.1 Å². The summed E-state index contributed by atoms with van der Waals surface area (Å²) >= 11 is 0. The third-order valence-electron chi connectivity index (χ3n) is 6.03. The van der Waals surface area contributed by atoms with Crippen LogP contribution in [0.15, 0.2) is 30.3 Å². The number of aliphatic carboxylic acids is 1. The Balaban J connectivity index is 2.09. The van der Waals surface area contributed by atoms with Crippen molar-refractivity contribution in [1.82, 2.24) is 10.2 Å². The fourth-order valence-electron chi connectivity index (χ4n) is 4.25. The summed E-state index contributed by atoms with van der Waals surface area (Å²) in [5, 5.41) is 12.9. The van der Waals surface area contributed by atoms with Gasteiger partial charge in [-0.2, -0.15) is 0 Å². The molecule has 0 spiro atoms. The molecule has 7 heteroatoms. The predicted molar refractivity (Wildman–Crippen MR) is 123 cm³/mol. The van der Waals surface area contributed by atoms with E-state index in [-0.39, 0.29) is 18.5 Å². The highest BCUT2D eigenvalue weighted by Gasteiger charge is 2.33. The molecule has 178 valence electrons. The van der Waals surface area contributed by atoms with Gasteiger partial charge in [-0.1, -0.05) is 62.4 Å². The summed E-state index contributed by atoms with van der Waals surface area (Å²) in [7, 11) is 0. The first-order valence-electron chi connectivity index (χ1n) is 11.9. The van der Waals surface area contributed by atoms with Gasteiger partial charge in [0.2, 0.25) is 5.91 Å². The van der Waals surface area contributed by atoms with Crippen molar-refractivity contribution in [1.29, 1.82) is 0 Å². The lowest BCUT2D eigenvalue weighted by Crippen LogP contribution is -2.55. The Bertz CT molecular complexity index is 724. The standard InChI is InChI=1S/C25H38N2O5/c1-3-32-25(31)21(17-16-20-13-9-8-10-14-20)26-19(2)23(28)27-18-12-7-5-4-6-11-15-22(27)24(29)30/h8-10,13-14,19,21-22,26H,3-7,11-12,15-18H2,1-2H3,(H,29,30)/t19?,21-,22-/m0/s1. The van der Waals surface area contributed by atoms with Crippen LogP contribution in [0.25, 0.3) is 0 Å². The minimum atomic E-state index is -0.961. The van der Waals surface area contributed by atoms with Gasteiger partial charge in [0.05, 0.1) is 12.6 Å². The summed E-state index contributed by atoms with van der Waals surface area (Å²) in [5.74, 6) is -1.62. The van der Waals surface area contributed by atoms with E-state index in [1.807, 2.05) is 30.3 Å². The Morgan fingerprint density at radius 2 is 1.75 bits per heavy atom. The van der Waals surface area contributed by atoms with Crippen LogP contribution in [0.1, 0.15) is 70.8 Å². The molecule has 3 atom stereocenters. The summed E-state index contributed by atoms with van der Waals surface area (Å²) in [6.45, 7) is 4.15. The number of carbonyl (C=O) groups is 3. The van der Waals surface area contributed by atoms with Crippen LogP contribution in [0.5, 0.6) is 0 Å². The molecule has 2 rings (SSSR count). The van der Waals surface area contributed by atoms with E-state index in [2.05, 4.69) is 5.32 Å². The van der Waals surface area contributed by atoms with Crippen molar-refractivity contribution >= 4 is 17.8 Å². The normalized spacial score (nSPS) is 19.6. The van der Waals surface area contributed by atoms with Gasteiger partial charge in [0.1, 0.15) is 12.1 Å². The number of esters is 1. The molecule has 7 nitrogen and oxygen atoms in total. The zero-order chi connectivity index (χ0) is 23.3. The number of nitrogens with zero attached hydrogens (tertiary/aromatic N) is 1. The summed E-state index contributed by atoms with van der Waals surface area (Å²) < 4.78 is 5.22. The van der Waals surface area contributed by atoms with Crippen LogP contribution in [-0.2, 0) is 25.5 Å². The Morgan fingerprint density at radius 1 is 1.09 bits per heavy atom. The quantitative estimate of drug-likeness (QED) is 0.563. The number of rotatable bonds is 9. The zero-order valence-electron chi connectivity index (χ0n) is 19.4. The van der Waals surface area contributed by atoms with Crippen molar-refractivity contribution < 1.29 is 24.2 Å². The van der Waals surface area contributed by atoms with E-state index in [1.54, 1.807) is 13.8 Å². The number of carboxylic acid groups (broad SMARTS) is 1. The van der Waals surface area contributed by atoms with Crippen LogP contribution < -0.4 is 5.32 Å². The number of amides is 1. The fourth-order valence-corrected chi connectivity index (χ4v) is 4.25. The van der Waals surface area contributed by atoms with Crippen molar-refractivity contribution in [3.63, 3.8) is 0 Å². The lowest BCUT2D eigenvalue weighted by atomic mass is 10.0. The van der Waals surface area contributed by atoms with Crippen molar-refractivity contribution in [3.05, 3.63) is 35.9 Å². The van der Waals surface area contributed by atoms with Crippen molar-refractivity contribution in [2.45, 2.75) is 89.8 Å². The van der Waals surface area contributed by atoms with Gasteiger partial charge in [0, 0.05) is 6.54 Å². The SMILES string of the molecule is CCOC(=O)[C@H](CCc1ccccc1)NC(C)C(=O)N1CCCCCCCC[C@H]1C(=O)O. The summed E-state index contributed by atoms with van der Waals surface area (Å²) in [6, 6.07) is 7.69. The molecule has 1 aliphatic heterocycles. The highest BCUT2D eigenvalue weighted by atomic mass is 16.5. The van der Waals surface area contributed by atoms with Crippen LogP contribution in [0, 0.1) is 0 Å². The van der Waals surface area contributed by atoms with Gasteiger partial charge in [-0.15, -0.1) is 0 Å². The molecular weight excluding hydrogens is 408 g/mol. The minimum Gasteiger partial charge on any atom is -0.480 e. The summed E-state index contributed by atoms with van der Waals surface area (Å²) in [6.07, 6.45) is 7.40. The smallest absolute Gasteiger partial charge is 0.326 e. The van der Waals surface area contributed by atoms with Crippen LogP contribution in [0.2, 0.25) is 0 Å². The van der Waals surface area contributed by atoms with Gasteiger partial charge in [-0.05, 0) is 45.1 Å². The monoisotopic (exact) mass is 446 g/mol. The van der Waals surface area contributed by atoms with Crippen molar-refractivity contribution in [3.8, 4) is 0 Å². The van der Waals surface area contributed by atoms with E-state index in [0.29, 0.717) is 25.8 Å². The lowest BCUT2D eigenvalue weighted by molar-refractivity contribution is -0.152. The maximum absolute atomic E-state index is 13.3. The molecule has 32 heavy (non-hydrogen) atoms. The largest absolute Gasteiger partial charge is 0.480 e. The second-order valence-corrected chi connectivity index (χ2v) is 8.51. The third-order valence-corrected chi connectivity index (χ3v) is 6.03.